The van der Waals surface area contributed by atoms with Crippen LogP contribution < -0.4 is 16.2 Å². The van der Waals surface area contributed by atoms with Crippen LogP contribution in [0.25, 0.3) is 0 Å². The molecule has 102 valence electrons. The maximum absolute atomic E-state index is 5.88. The molecule has 1 aromatic carbocycles. The van der Waals surface area contributed by atoms with Crippen LogP contribution in [0, 0.1) is 0 Å². The third-order valence-electron chi connectivity index (χ3n) is 3.32. The van der Waals surface area contributed by atoms with Crippen LogP contribution >= 0.6 is 0 Å². The van der Waals surface area contributed by atoms with E-state index in [0.717, 1.165) is 36.5 Å². The fourth-order valence-corrected chi connectivity index (χ4v) is 2.23. The molecule has 4 nitrogen and oxygen atoms in total. The molecule has 0 radical (unpaired) electrons. The Morgan fingerprint density at radius 1 is 1.11 bits per heavy atom. The van der Waals surface area contributed by atoms with Crippen molar-refractivity contribution in [1.82, 2.24) is 0 Å². The van der Waals surface area contributed by atoms with Crippen LogP contribution in [-0.4, -0.2) is 14.2 Å². The largest absolute Gasteiger partial charge is 0.495 e. The number of nitrogen functional groups attached to an aromatic ring is 1. The molecule has 0 bridgehead atoms. The molecule has 4 heteroatoms. The van der Waals surface area contributed by atoms with Crippen molar-refractivity contribution < 1.29 is 9.47 Å². The van der Waals surface area contributed by atoms with Crippen molar-refractivity contribution in [2.24, 2.45) is 5.73 Å². The third-order valence-corrected chi connectivity index (χ3v) is 3.32. The average molecular weight is 260 g/mol. The molecule has 0 saturated carbocycles. The summed E-state index contributed by atoms with van der Waals surface area (Å²) in [4.78, 5) is 0. The predicted molar refractivity (Wildman–Crippen MR) is 76.6 cm³/mol. The Kier molecular flexibility index (Phi) is 4.00. The Hall–Kier alpha value is -2.10. The molecule has 4 N–H and O–H groups in total. The number of rotatable bonds is 4. The molecular formula is C15H20N2O2. The van der Waals surface area contributed by atoms with Gasteiger partial charge in [-0.3, -0.25) is 0 Å². The van der Waals surface area contributed by atoms with E-state index in [1.54, 1.807) is 14.2 Å². The van der Waals surface area contributed by atoms with Gasteiger partial charge < -0.3 is 20.9 Å². The van der Waals surface area contributed by atoms with E-state index in [2.05, 4.69) is 0 Å². The van der Waals surface area contributed by atoms with Crippen LogP contribution in [0.1, 0.15) is 18.4 Å². The van der Waals surface area contributed by atoms with Gasteiger partial charge in [0.15, 0.2) is 0 Å². The molecule has 0 unspecified atom stereocenters. The van der Waals surface area contributed by atoms with Gasteiger partial charge in [-0.25, -0.2) is 0 Å². The van der Waals surface area contributed by atoms with E-state index in [-0.39, 0.29) is 0 Å². The van der Waals surface area contributed by atoms with Crippen molar-refractivity contribution in [1.29, 1.82) is 0 Å². The molecule has 1 aromatic rings. The molecule has 0 heterocycles. The first-order chi connectivity index (χ1) is 9.13. The van der Waals surface area contributed by atoms with E-state index in [1.807, 2.05) is 24.3 Å². The number of hydrogen-bond donors (Lipinski definition) is 2. The Balaban J connectivity index is 2.18. The van der Waals surface area contributed by atoms with Crippen molar-refractivity contribution in [3.05, 3.63) is 46.9 Å². The van der Waals surface area contributed by atoms with Crippen LogP contribution in [-0.2, 0) is 11.2 Å². The first-order valence-electron chi connectivity index (χ1n) is 6.28. The fourth-order valence-electron chi connectivity index (χ4n) is 2.23. The molecule has 0 spiro atoms. The number of benzene rings is 1. The second kappa shape index (κ2) is 5.69. The van der Waals surface area contributed by atoms with E-state index in [0.29, 0.717) is 5.69 Å². The Morgan fingerprint density at radius 2 is 1.89 bits per heavy atom. The lowest BCUT2D eigenvalue weighted by molar-refractivity contribution is 0.297. The van der Waals surface area contributed by atoms with Crippen LogP contribution in [0.4, 0.5) is 5.69 Å². The smallest absolute Gasteiger partial charge is 0.142 e. The minimum atomic E-state index is 0.658. The zero-order chi connectivity index (χ0) is 13.8. The van der Waals surface area contributed by atoms with Crippen molar-refractivity contribution >= 4 is 5.69 Å². The van der Waals surface area contributed by atoms with Gasteiger partial charge in [0.25, 0.3) is 0 Å². The second-order valence-corrected chi connectivity index (χ2v) is 4.65. The van der Waals surface area contributed by atoms with E-state index < -0.39 is 0 Å². The minimum absolute atomic E-state index is 0.658. The van der Waals surface area contributed by atoms with Crippen molar-refractivity contribution in [3.63, 3.8) is 0 Å². The zero-order valence-corrected chi connectivity index (χ0v) is 11.4. The fraction of sp³-hybridized carbons (Fsp3) is 0.333. The van der Waals surface area contributed by atoms with Gasteiger partial charge in [0.1, 0.15) is 11.5 Å². The molecule has 1 aliphatic carbocycles. The van der Waals surface area contributed by atoms with Gasteiger partial charge in [-0.05, 0) is 43.0 Å². The molecule has 0 atom stereocenters. The number of hydrogen-bond acceptors (Lipinski definition) is 4. The molecule has 0 amide bonds. The Bertz CT molecular complexity index is 533. The summed E-state index contributed by atoms with van der Waals surface area (Å²) in [5, 5.41) is 0. The summed E-state index contributed by atoms with van der Waals surface area (Å²) in [6.07, 6.45) is 4.70. The van der Waals surface area contributed by atoms with Gasteiger partial charge in [-0.15, -0.1) is 0 Å². The lowest BCUT2D eigenvalue weighted by Gasteiger charge is -2.17. The van der Waals surface area contributed by atoms with Gasteiger partial charge in [0.05, 0.1) is 25.6 Å². The van der Waals surface area contributed by atoms with E-state index in [9.17, 15) is 0 Å². The molecule has 19 heavy (non-hydrogen) atoms. The summed E-state index contributed by atoms with van der Waals surface area (Å²) in [7, 11) is 3.27. The highest BCUT2D eigenvalue weighted by atomic mass is 16.5. The summed E-state index contributed by atoms with van der Waals surface area (Å²) in [6.45, 7) is 0. The van der Waals surface area contributed by atoms with Gasteiger partial charge in [-0.1, -0.05) is 11.6 Å². The van der Waals surface area contributed by atoms with Crippen molar-refractivity contribution in [2.45, 2.75) is 19.3 Å². The highest BCUT2D eigenvalue weighted by Gasteiger charge is 2.12. The Labute approximate surface area is 113 Å². The van der Waals surface area contributed by atoms with Crippen LogP contribution in [0.15, 0.2) is 41.3 Å². The van der Waals surface area contributed by atoms with Gasteiger partial charge in [0, 0.05) is 0 Å². The van der Waals surface area contributed by atoms with Gasteiger partial charge in [0.2, 0.25) is 0 Å². The summed E-state index contributed by atoms with van der Waals surface area (Å²) in [5.41, 5.74) is 15.7. The summed E-state index contributed by atoms with van der Waals surface area (Å²) in [6, 6.07) is 5.87. The maximum atomic E-state index is 5.88. The number of nitrogens with two attached hydrogens (primary N) is 2. The van der Waals surface area contributed by atoms with Crippen LogP contribution in [0.5, 0.6) is 5.75 Å². The zero-order valence-electron chi connectivity index (χ0n) is 11.4. The molecule has 0 aliphatic heterocycles. The summed E-state index contributed by atoms with van der Waals surface area (Å²) in [5.74, 6) is 1.50. The van der Waals surface area contributed by atoms with E-state index in [4.69, 9.17) is 20.9 Å². The SMILES string of the molecule is COC1=C(N)CCC(Cc2ccc(N)c(OC)c2)=C1. The van der Waals surface area contributed by atoms with Crippen molar-refractivity contribution in [3.8, 4) is 5.75 Å². The summed E-state index contributed by atoms with van der Waals surface area (Å²) < 4.78 is 10.5. The van der Waals surface area contributed by atoms with Crippen LogP contribution in [0.2, 0.25) is 0 Å². The first-order valence-corrected chi connectivity index (χ1v) is 6.28. The lowest BCUT2D eigenvalue weighted by atomic mass is 9.95. The minimum Gasteiger partial charge on any atom is -0.495 e. The molecule has 2 rings (SSSR count). The molecule has 0 aromatic heterocycles. The van der Waals surface area contributed by atoms with Gasteiger partial charge in [-0.2, -0.15) is 0 Å². The standard InChI is InChI=1S/C15H20N2O2/c1-18-14-8-10(3-5-12(14)16)7-11-4-6-13(17)15(9-11)19-2/h3,5,8-9H,4,6-7,16-17H2,1-2H3. The van der Waals surface area contributed by atoms with Gasteiger partial charge >= 0.3 is 0 Å². The molecular weight excluding hydrogens is 240 g/mol. The monoisotopic (exact) mass is 260 g/mol. The molecule has 0 fully saturated rings. The lowest BCUT2D eigenvalue weighted by Crippen LogP contribution is -2.09. The summed E-state index contributed by atoms with van der Waals surface area (Å²) >= 11 is 0. The average Bonchev–Trinajstić information content (AvgIpc) is 2.43. The number of methoxy groups -OCH3 is 2. The van der Waals surface area contributed by atoms with E-state index >= 15 is 0 Å². The first kappa shape index (κ1) is 13.3. The quantitative estimate of drug-likeness (QED) is 0.815. The predicted octanol–water partition coefficient (Wildman–Crippen LogP) is 2.36. The number of ether oxygens (including phenoxy) is 2. The molecule has 1 aliphatic rings. The number of anilines is 1. The highest BCUT2D eigenvalue weighted by Crippen LogP contribution is 2.27. The topological polar surface area (TPSA) is 70.5 Å². The van der Waals surface area contributed by atoms with Crippen LogP contribution in [0.3, 0.4) is 0 Å². The van der Waals surface area contributed by atoms with E-state index in [1.165, 1.54) is 11.1 Å². The normalized spacial score (nSPS) is 15.2. The highest BCUT2D eigenvalue weighted by molar-refractivity contribution is 5.54. The second-order valence-electron chi connectivity index (χ2n) is 4.65. The Morgan fingerprint density at radius 3 is 2.58 bits per heavy atom. The third kappa shape index (κ3) is 3.02. The molecule has 0 saturated heterocycles. The van der Waals surface area contributed by atoms with Crippen molar-refractivity contribution in [2.75, 3.05) is 20.0 Å². The maximum Gasteiger partial charge on any atom is 0.142 e. The number of allylic oxidation sites excluding steroid dienone is 3.